The van der Waals surface area contributed by atoms with Gasteiger partial charge in [0, 0.05) is 19.6 Å². The summed E-state index contributed by atoms with van der Waals surface area (Å²) >= 11 is 0. The minimum atomic E-state index is -3.06. The number of sulfone groups is 1. The molecule has 0 saturated carbocycles. The Morgan fingerprint density at radius 1 is 1.36 bits per heavy atom. The molecule has 140 valence electrons. The summed E-state index contributed by atoms with van der Waals surface area (Å²) in [5.41, 5.74) is 1.10. The Morgan fingerprint density at radius 2 is 2.08 bits per heavy atom. The number of para-hydroxylation sites is 1. The highest BCUT2D eigenvalue weighted by Crippen LogP contribution is 2.23. The monoisotopic (exact) mass is 367 g/mol. The van der Waals surface area contributed by atoms with Crippen LogP contribution >= 0.6 is 0 Å². The van der Waals surface area contributed by atoms with Crippen molar-refractivity contribution in [1.82, 2.24) is 10.2 Å². The second-order valence-corrected chi connectivity index (χ2v) is 9.59. The lowest BCUT2D eigenvalue weighted by Gasteiger charge is -2.39. The van der Waals surface area contributed by atoms with Crippen molar-refractivity contribution in [2.45, 2.75) is 32.4 Å². The SMILES string of the molecule is CCNC(=NCCOc1ccccc1C)N1CCS(=O)(=O)C(C)(C)C1. The first-order valence-electron chi connectivity index (χ1n) is 8.71. The Labute approximate surface area is 151 Å². The Balaban J connectivity index is 1.98. The smallest absolute Gasteiger partial charge is 0.194 e. The molecule has 1 aromatic rings. The summed E-state index contributed by atoms with van der Waals surface area (Å²) in [7, 11) is -3.06. The number of guanidine groups is 1. The van der Waals surface area contributed by atoms with Gasteiger partial charge in [0.05, 0.1) is 17.0 Å². The summed E-state index contributed by atoms with van der Waals surface area (Å²) in [6.07, 6.45) is 0. The molecule has 6 nitrogen and oxygen atoms in total. The van der Waals surface area contributed by atoms with Crippen molar-refractivity contribution in [3.8, 4) is 5.75 Å². The number of hydrogen-bond donors (Lipinski definition) is 1. The van der Waals surface area contributed by atoms with Crippen molar-refractivity contribution < 1.29 is 13.2 Å². The molecule has 1 aliphatic heterocycles. The molecular weight excluding hydrogens is 338 g/mol. The van der Waals surface area contributed by atoms with Gasteiger partial charge in [-0.25, -0.2) is 13.4 Å². The molecule has 1 aromatic carbocycles. The third-order valence-electron chi connectivity index (χ3n) is 4.38. The predicted octanol–water partition coefficient (Wildman–Crippen LogP) is 1.85. The van der Waals surface area contributed by atoms with Crippen LogP contribution in [0.4, 0.5) is 0 Å². The minimum Gasteiger partial charge on any atom is -0.491 e. The molecule has 0 unspecified atom stereocenters. The molecule has 25 heavy (non-hydrogen) atoms. The minimum absolute atomic E-state index is 0.157. The second kappa shape index (κ2) is 8.08. The van der Waals surface area contributed by atoms with Gasteiger partial charge in [-0.05, 0) is 39.3 Å². The Bertz CT molecular complexity index is 714. The number of aliphatic imine (C=N–C) groups is 1. The maximum Gasteiger partial charge on any atom is 0.194 e. The Kier molecular flexibility index (Phi) is 6.32. The molecule has 1 fully saturated rings. The summed E-state index contributed by atoms with van der Waals surface area (Å²) in [5.74, 6) is 1.77. The average molecular weight is 368 g/mol. The number of nitrogens with one attached hydrogen (secondary N) is 1. The summed E-state index contributed by atoms with van der Waals surface area (Å²) in [4.78, 5) is 6.63. The van der Waals surface area contributed by atoms with E-state index < -0.39 is 14.6 Å². The maximum atomic E-state index is 12.2. The zero-order valence-electron chi connectivity index (χ0n) is 15.6. The summed E-state index contributed by atoms with van der Waals surface area (Å²) in [5, 5.41) is 3.25. The molecule has 1 aliphatic rings. The van der Waals surface area contributed by atoms with Gasteiger partial charge >= 0.3 is 0 Å². The standard InChI is InChI=1S/C18H29N3O3S/c1-5-19-17(21-11-13-25(22,23)18(3,4)14-21)20-10-12-24-16-9-7-6-8-15(16)2/h6-9H,5,10-14H2,1-4H3,(H,19,20). The van der Waals surface area contributed by atoms with E-state index >= 15 is 0 Å². The zero-order chi connectivity index (χ0) is 18.5. The van der Waals surface area contributed by atoms with E-state index in [4.69, 9.17) is 4.74 Å². The van der Waals surface area contributed by atoms with Gasteiger partial charge in [-0.1, -0.05) is 18.2 Å². The second-order valence-electron chi connectivity index (χ2n) is 6.85. The fourth-order valence-corrected chi connectivity index (χ4v) is 4.14. The third-order valence-corrected chi connectivity index (χ3v) is 6.91. The normalized spacial score (nSPS) is 19.5. The first-order chi connectivity index (χ1) is 11.8. The van der Waals surface area contributed by atoms with Crippen LogP contribution in [0.3, 0.4) is 0 Å². The number of aryl methyl sites for hydroxylation is 1. The van der Waals surface area contributed by atoms with Crippen molar-refractivity contribution >= 4 is 15.8 Å². The zero-order valence-corrected chi connectivity index (χ0v) is 16.4. The molecular formula is C18H29N3O3S. The molecule has 0 bridgehead atoms. The highest BCUT2D eigenvalue weighted by molar-refractivity contribution is 7.92. The fraction of sp³-hybridized carbons (Fsp3) is 0.611. The molecule has 0 aromatic heterocycles. The van der Waals surface area contributed by atoms with Gasteiger partial charge in [0.25, 0.3) is 0 Å². The van der Waals surface area contributed by atoms with Gasteiger partial charge in [0.2, 0.25) is 0 Å². The number of rotatable bonds is 5. The van der Waals surface area contributed by atoms with Crippen molar-refractivity contribution in [2.24, 2.45) is 4.99 Å². The highest BCUT2D eigenvalue weighted by Gasteiger charge is 2.40. The quantitative estimate of drug-likeness (QED) is 0.489. The van der Waals surface area contributed by atoms with Crippen LogP contribution in [0.2, 0.25) is 0 Å². The van der Waals surface area contributed by atoms with Crippen LogP contribution in [-0.4, -0.2) is 62.6 Å². The summed E-state index contributed by atoms with van der Waals surface area (Å²) in [6, 6.07) is 7.89. The Morgan fingerprint density at radius 3 is 2.72 bits per heavy atom. The van der Waals surface area contributed by atoms with Crippen LogP contribution in [0.15, 0.2) is 29.3 Å². The molecule has 1 saturated heterocycles. The summed E-state index contributed by atoms with van der Waals surface area (Å²) < 4.78 is 29.4. The van der Waals surface area contributed by atoms with Crippen LogP contribution in [0.1, 0.15) is 26.3 Å². The first-order valence-corrected chi connectivity index (χ1v) is 10.4. The van der Waals surface area contributed by atoms with Gasteiger partial charge in [0.15, 0.2) is 15.8 Å². The van der Waals surface area contributed by atoms with E-state index in [1.54, 1.807) is 13.8 Å². The predicted molar refractivity (Wildman–Crippen MR) is 102 cm³/mol. The van der Waals surface area contributed by atoms with E-state index in [0.717, 1.165) is 23.8 Å². The molecule has 0 atom stereocenters. The van der Waals surface area contributed by atoms with Crippen LogP contribution in [-0.2, 0) is 9.84 Å². The van der Waals surface area contributed by atoms with Crippen molar-refractivity contribution in [1.29, 1.82) is 0 Å². The molecule has 0 spiro atoms. The lowest BCUT2D eigenvalue weighted by atomic mass is 10.2. The fourth-order valence-electron chi connectivity index (χ4n) is 2.78. The largest absolute Gasteiger partial charge is 0.491 e. The van der Waals surface area contributed by atoms with E-state index in [1.807, 2.05) is 43.0 Å². The molecule has 2 rings (SSSR count). The van der Waals surface area contributed by atoms with Crippen molar-refractivity contribution in [3.05, 3.63) is 29.8 Å². The molecule has 0 aliphatic carbocycles. The topological polar surface area (TPSA) is 71.0 Å². The molecule has 0 amide bonds. The van der Waals surface area contributed by atoms with E-state index in [-0.39, 0.29) is 5.75 Å². The number of hydrogen-bond acceptors (Lipinski definition) is 4. The molecule has 7 heteroatoms. The van der Waals surface area contributed by atoms with Gasteiger partial charge in [-0.3, -0.25) is 0 Å². The molecule has 0 radical (unpaired) electrons. The maximum absolute atomic E-state index is 12.2. The average Bonchev–Trinajstić information content (AvgIpc) is 2.54. The van der Waals surface area contributed by atoms with Crippen LogP contribution in [0.25, 0.3) is 0 Å². The number of ether oxygens (including phenoxy) is 1. The van der Waals surface area contributed by atoms with E-state index in [9.17, 15) is 8.42 Å². The van der Waals surface area contributed by atoms with Gasteiger partial charge < -0.3 is 15.0 Å². The van der Waals surface area contributed by atoms with Crippen LogP contribution in [0.5, 0.6) is 5.75 Å². The highest BCUT2D eigenvalue weighted by atomic mass is 32.2. The van der Waals surface area contributed by atoms with Gasteiger partial charge in [-0.15, -0.1) is 0 Å². The van der Waals surface area contributed by atoms with E-state index in [0.29, 0.717) is 26.2 Å². The molecule has 1 heterocycles. The van der Waals surface area contributed by atoms with E-state index in [2.05, 4.69) is 10.3 Å². The summed E-state index contributed by atoms with van der Waals surface area (Å²) in [6.45, 7) is 10.2. The lowest BCUT2D eigenvalue weighted by molar-refractivity contribution is 0.322. The number of benzene rings is 1. The first kappa shape index (κ1) is 19.6. The van der Waals surface area contributed by atoms with Gasteiger partial charge in [0.1, 0.15) is 12.4 Å². The Hall–Kier alpha value is -1.76. The number of nitrogens with zero attached hydrogens (tertiary/aromatic N) is 2. The third kappa shape index (κ3) is 4.87. The van der Waals surface area contributed by atoms with E-state index in [1.165, 1.54) is 0 Å². The lowest BCUT2D eigenvalue weighted by Crippen LogP contribution is -2.57. The van der Waals surface area contributed by atoms with Gasteiger partial charge in [-0.2, -0.15) is 0 Å². The van der Waals surface area contributed by atoms with Crippen LogP contribution in [0, 0.1) is 6.92 Å². The van der Waals surface area contributed by atoms with Crippen LogP contribution < -0.4 is 10.1 Å². The van der Waals surface area contributed by atoms with Crippen molar-refractivity contribution in [2.75, 3.05) is 38.5 Å². The van der Waals surface area contributed by atoms with Crippen molar-refractivity contribution in [3.63, 3.8) is 0 Å². The molecule has 1 N–H and O–H groups in total.